The highest BCUT2D eigenvalue weighted by molar-refractivity contribution is 9.10. The van der Waals surface area contributed by atoms with Gasteiger partial charge in [0, 0.05) is 17.7 Å². The number of hydrogen-bond acceptors (Lipinski definition) is 5. The lowest BCUT2D eigenvalue weighted by Crippen LogP contribution is -2.43. The van der Waals surface area contributed by atoms with Gasteiger partial charge in [0.2, 0.25) is 11.8 Å². The van der Waals surface area contributed by atoms with E-state index in [0.29, 0.717) is 11.5 Å². The van der Waals surface area contributed by atoms with E-state index in [9.17, 15) is 9.59 Å². The van der Waals surface area contributed by atoms with Crippen LogP contribution in [0.1, 0.15) is 18.3 Å². The maximum atomic E-state index is 12.5. The fourth-order valence-electron chi connectivity index (χ4n) is 2.38. The van der Waals surface area contributed by atoms with Gasteiger partial charge in [-0.25, -0.2) is 4.98 Å². The van der Waals surface area contributed by atoms with Crippen LogP contribution in [-0.2, 0) is 16.6 Å². The Hall–Kier alpha value is -2.26. The molecule has 1 unspecified atom stereocenters. The summed E-state index contributed by atoms with van der Waals surface area (Å²) in [7, 11) is 3.55. The lowest BCUT2D eigenvalue weighted by Gasteiger charge is -2.23. The van der Waals surface area contributed by atoms with Crippen LogP contribution in [0.3, 0.4) is 0 Å². The molecule has 2 aromatic heterocycles. The lowest BCUT2D eigenvalue weighted by molar-refractivity contribution is -0.122. The van der Waals surface area contributed by atoms with E-state index in [-0.39, 0.29) is 18.4 Å². The highest BCUT2D eigenvalue weighted by Gasteiger charge is 2.22. The fraction of sp³-hybridized carbons (Fsp3) is 0.412. The van der Waals surface area contributed by atoms with Gasteiger partial charge in [-0.2, -0.15) is 5.10 Å². The highest BCUT2D eigenvalue weighted by Crippen LogP contribution is 2.19. The third kappa shape index (κ3) is 4.89. The number of hydrogen-bond donors (Lipinski definition) is 2. The maximum absolute atomic E-state index is 12.5. The fourth-order valence-corrected chi connectivity index (χ4v) is 2.61. The second-order valence-electron chi connectivity index (χ2n) is 6.16. The Bertz CT molecular complexity index is 802. The number of rotatable bonds is 6. The zero-order valence-electron chi connectivity index (χ0n) is 15.5. The van der Waals surface area contributed by atoms with Crippen molar-refractivity contribution in [2.24, 2.45) is 7.05 Å². The third-order valence-corrected chi connectivity index (χ3v) is 4.65. The monoisotopic (exact) mass is 422 g/mol. The van der Waals surface area contributed by atoms with Gasteiger partial charge in [-0.05, 0) is 55.9 Å². The van der Waals surface area contributed by atoms with E-state index in [0.717, 1.165) is 15.9 Å². The van der Waals surface area contributed by atoms with Crippen molar-refractivity contribution in [2.45, 2.75) is 26.8 Å². The lowest BCUT2D eigenvalue weighted by atomic mass is 10.2. The minimum absolute atomic E-state index is 0.0668. The van der Waals surface area contributed by atoms with Crippen molar-refractivity contribution in [1.29, 1.82) is 0 Å². The molecule has 0 aromatic carbocycles. The second-order valence-corrected chi connectivity index (χ2v) is 7.08. The summed E-state index contributed by atoms with van der Waals surface area (Å²) in [6, 6.07) is 3.00. The number of amides is 2. The molecule has 0 aliphatic heterocycles. The van der Waals surface area contributed by atoms with Crippen molar-refractivity contribution in [3.63, 3.8) is 0 Å². The largest absolute Gasteiger partial charge is 0.322 e. The van der Waals surface area contributed by atoms with Crippen LogP contribution in [0.5, 0.6) is 0 Å². The van der Waals surface area contributed by atoms with Crippen LogP contribution in [0.4, 0.5) is 11.5 Å². The maximum Gasteiger partial charge on any atom is 0.241 e. The van der Waals surface area contributed by atoms with Gasteiger partial charge in [-0.15, -0.1) is 0 Å². The minimum Gasteiger partial charge on any atom is -0.322 e. The van der Waals surface area contributed by atoms with Gasteiger partial charge in [0.25, 0.3) is 0 Å². The van der Waals surface area contributed by atoms with Gasteiger partial charge in [0.1, 0.15) is 5.82 Å². The molecule has 26 heavy (non-hydrogen) atoms. The predicted molar refractivity (Wildman–Crippen MR) is 104 cm³/mol. The molecule has 140 valence electrons. The van der Waals surface area contributed by atoms with Crippen molar-refractivity contribution in [2.75, 3.05) is 24.2 Å². The van der Waals surface area contributed by atoms with Gasteiger partial charge >= 0.3 is 0 Å². The number of halogens is 1. The summed E-state index contributed by atoms with van der Waals surface area (Å²) in [6.07, 6.45) is 1.61. The number of nitrogens with one attached hydrogen (secondary N) is 2. The number of nitrogens with zero attached hydrogens (tertiary/aromatic N) is 4. The molecule has 0 spiro atoms. The summed E-state index contributed by atoms with van der Waals surface area (Å²) in [6.45, 7) is 5.55. The molecule has 0 bridgehead atoms. The molecule has 0 radical (unpaired) electrons. The van der Waals surface area contributed by atoms with Crippen LogP contribution in [0, 0.1) is 13.8 Å². The van der Waals surface area contributed by atoms with E-state index in [2.05, 4.69) is 36.6 Å². The SMILES string of the molecule is Cc1nn(C)c(C)c1NC(=O)C(C)N(C)CC(=O)Nc1ccc(Br)cn1. The van der Waals surface area contributed by atoms with E-state index in [1.807, 2.05) is 20.9 Å². The molecule has 8 nitrogen and oxygen atoms in total. The topological polar surface area (TPSA) is 92.2 Å². The molecule has 0 aliphatic carbocycles. The molecule has 2 rings (SSSR count). The van der Waals surface area contributed by atoms with Crippen molar-refractivity contribution < 1.29 is 9.59 Å². The summed E-state index contributed by atoms with van der Waals surface area (Å²) >= 11 is 3.29. The second kappa shape index (κ2) is 8.41. The average molecular weight is 423 g/mol. The van der Waals surface area contributed by atoms with E-state index < -0.39 is 6.04 Å². The zero-order chi connectivity index (χ0) is 19.4. The molecule has 2 N–H and O–H groups in total. The number of likely N-dealkylation sites (N-methyl/N-ethyl adjacent to an activating group) is 1. The van der Waals surface area contributed by atoms with Crippen molar-refractivity contribution in [1.82, 2.24) is 19.7 Å². The number of pyridine rings is 1. The van der Waals surface area contributed by atoms with Gasteiger partial charge in [0.15, 0.2) is 0 Å². The molecular formula is C17H23BrN6O2. The summed E-state index contributed by atoms with van der Waals surface area (Å²) in [4.78, 5) is 30.4. The van der Waals surface area contributed by atoms with Gasteiger partial charge < -0.3 is 10.6 Å². The van der Waals surface area contributed by atoms with E-state index in [1.54, 1.807) is 41.9 Å². The van der Waals surface area contributed by atoms with Crippen molar-refractivity contribution >= 4 is 39.2 Å². The molecule has 0 aliphatic rings. The first kappa shape index (κ1) is 20.1. The normalized spacial score (nSPS) is 12.1. The smallest absolute Gasteiger partial charge is 0.241 e. The molecule has 0 fully saturated rings. The van der Waals surface area contributed by atoms with Crippen LogP contribution in [0.2, 0.25) is 0 Å². The molecule has 0 saturated heterocycles. The summed E-state index contributed by atoms with van der Waals surface area (Å²) in [5.74, 6) is 0.0299. The Labute approximate surface area is 161 Å². The first-order chi connectivity index (χ1) is 12.2. The molecule has 1 atom stereocenters. The zero-order valence-corrected chi connectivity index (χ0v) is 17.1. The van der Waals surface area contributed by atoms with Crippen molar-refractivity contribution in [3.8, 4) is 0 Å². The molecular weight excluding hydrogens is 400 g/mol. The Morgan fingerprint density at radius 1 is 1.31 bits per heavy atom. The molecule has 2 aromatic rings. The minimum atomic E-state index is -0.488. The van der Waals surface area contributed by atoms with Crippen LogP contribution in [-0.4, -0.2) is 51.1 Å². The Morgan fingerprint density at radius 2 is 2.00 bits per heavy atom. The first-order valence-corrected chi connectivity index (χ1v) is 8.91. The van der Waals surface area contributed by atoms with Gasteiger partial charge in [-0.3, -0.25) is 19.2 Å². The average Bonchev–Trinajstić information content (AvgIpc) is 2.82. The quantitative estimate of drug-likeness (QED) is 0.743. The van der Waals surface area contributed by atoms with E-state index in [4.69, 9.17) is 0 Å². The Morgan fingerprint density at radius 3 is 2.54 bits per heavy atom. The number of carbonyl (C=O) groups is 2. The van der Waals surface area contributed by atoms with Crippen LogP contribution < -0.4 is 10.6 Å². The number of carbonyl (C=O) groups excluding carboxylic acids is 2. The standard InChI is InChI=1S/C17H23BrN6O2/c1-10-16(11(2)24(5)22-10)21-17(26)12(3)23(4)9-15(25)20-14-7-6-13(18)8-19-14/h6-8,12H,9H2,1-5H3,(H,21,26)(H,19,20,25). The number of aryl methyl sites for hydroxylation is 2. The summed E-state index contributed by atoms with van der Waals surface area (Å²) in [5.41, 5.74) is 2.35. The van der Waals surface area contributed by atoms with Crippen molar-refractivity contribution in [3.05, 3.63) is 34.2 Å². The summed E-state index contributed by atoms with van der Waals surface area (Å²) < 4.78 is 2.55. The van der Waals surface area contributed by atoms with Crippen LogP contribution in [0.15, 0.2) is 22.8 Å². The van der Waals surface area contributed by atoms with Gasteiger partial charge in [-0.1, -0.05) is 0 Å². The first-order valence-electron chi connectivity index (χ1n) is 8.11. The molecule has 2 heterocycles. The molecule has 2 amide bonds. The molecule has 0 saturated carbocycles. The van der Waals surface area contributed by atoms with Crippen LogP contribution >= 0.6 is 15.9 Å². The Balaban J connectivity index is 1.93. The summed E-state index contributed by atoms with van der Waals surface area (Å²) in [5, 5.41) is 9.89. The predicted octanol–water partition coefficient (Wildman–Crippen LogP) is 2.09. The number of aromatic nitrogens is 3. The van der Waals surface area contributed by atoms with E-state index in [1.165, 1.54) is 0 Å². The highest BCUT2D eigenvalue weighted by atomic mass is 79.9. The van der Waals surface area contributed by atoms with Crippen LogP contribution in [0.25, 0.3) is 0 Å². The Kier molecular flexibility index (Phi) is 6.49. The molecule has 9 heteroatoms. The van der Waals surface area contributed by atoms with Gasteiger partial charge in [0.05, 0.1) is 29.7 Å². The van der Waals surface area contributed by atoms with E-state index >= 15 is 0 Å². The number of anilines is 2. The third-order valence-electron chi connectivity index (χ3n) is 4.19.